The van der Waals surface area contributed by atoms with Gasteiger partial charge >= 0.3 is 5.97 Å². The predicted octanol–water partition coefficient (Wildman–Crippen LogP) is 1.94. The molecule has 6 nitrogen and oxygen atoms in total. The van der Waals surface area contributed by atoms with Gasteiger partial charge < -0.3 is 14.5 Å². The molecule has 0 bridgehead atoms. The van der Waals surface area contributed by atoms with Gasteiger partial charge in [-0.2, -0.15) is 0 Å². The number of hydrogen-bond donors (Lipinski definition) is 1. The first-order chi connectivity index (χ1) is 11.1. The number of amides is 1. The van der Waals surface area contributed by atoms with Crippen molar-refractivity contribution in [3.8, 4) is 0 Å². The Morgan fingerprint density at radius 1 is 1.26 bits per heavy atom. The van der Waals surface area contributed by atoms with Gasteiger partial charge in [0.25, 0.3) is 0 Å². The van der Waals surface area contributed by atoms with Crippen LogP contribution in [0.15, 0.2) is 28.8 Å². The average molecular weight is 314 g/mol. The fourth-order valence-corrected chi connectivity index (χ4v) is 3.62. The number of carbonyl (C=O) groups is 2. The summed E-state index contributed by atoms with van der Waals surface area (Å²) in [5, 5.41) is 14.2. The van der Waals surface area contributed by atoms with Crippen LogP contribution in [-0.2, 0) is 16.0 Å². The molecule has 1 aromatic carbocycles. The average Bonchev–Trinajstić information content (AvgIpc) is 3.16. The lowest BCUT2D eigenvalue weighted by Crippen LogP contribution is -2.31. The maximum Gasteiger partial charge on any atom is 0.308 e. The van der Waals surface area contributed by atoms with Crippen LogP contribution in [-0.4, -0.2) is 40.1 Å². The minimum Gasteiger partial charge on any atom is -0.481 e. The van der Waals surface area contributed by atoms with Gasteiger partial charge in [0.05, 0.1) is 12.3 Å². The number of aromatic nitrogens is 1. The van der Waals surface area contributed by atoms with E-state index in [0.717, 1.165) is 18.2 Å². The molecule has 1 saturated carbocycles. The Kier molecular flexibility index (Phi) is 3.32. The van der Waals surface area contributed by atoms with E-state index >= 15 is 0 Å². The molecule has 2 heterocycles. The van der Waals surface area contributed by atoms with Gasteiger partial charge in [0, 0.05) is 18.5 Å². The third-order valence-electron chi connectivity index (χ3n) is 5.03. The van der Waals surface area contributed by atoms with E-state index in [-0.39, 0.29) is 18.2 Å². The van der Waals surface area contributed by atoms with Gasteiger partial charge in [0.15, 0.2) is 5.58 Å². The number of nitrogens with zero attached hydrogens (tertiary/aromatic N) is 2. The van der Waals surface area contributed by atoms with Crippen LogP contribution in [0.25, 0.3) is 11.0 Å². The second-order valence-corrected chi connectivity index (χ2v) is 6.55. The Bertz CT molecular complexity index is 765. The number of hydrogen-bond acceptors (Lipinski definition) is 4. The van der Waals surface area contributed by atoms with E-state index in [1.807, 2.05) is 24.3 Å². The highest BCUT2D eigenvalue weighted by Crippen LogP contribution is 2.44. The van der Waals surface area contributed by atoms with Crippen molar-refractivity contribution in [1.82, 2.24) is 10.1 Å². The lowest BCUT2D eigenvalue weighted by Gasteiger charge is -2.15. The molecular weight excluding hydrogens is 296 g/mol. The highest BCUT2D eigenvalue weighted by Gasteiger charge is 2.46. The maximum atomic E-state index is 12.6. The fourth-order valence-electron chi connectivity index (χ4n) is 3.62. The van der Waals surface area contributed by atoms with Gasteiger partial charge in [0.2, 0.25) is 5.91 Å². The summed E-state index contributed by atoms with van der Waals surface area (Å²) in [5.74, 6) is -0.713. The first kappa shape index (κ1) is 14.2. The lowest BCUT2D eigenvalue weighted by molar-refractivity contribution is -0.142. The highest BCUT2D eigenvalue weighted by atomic mass is 16.5. The molecular formula is C17H18N2O4. The van der Waals surface area contributed by atoms with E-state index in [9.17, 15) is 14.7 Å². The van der Waals surface area contributed by atoms with Crippen molar-refractivity contribution < 1.29 is 19.2 Å². The quantitative estimate of drug-likeness (QED) is 0.932. The van der Waals surface area contributed by atoms with Crippen molar-refractivity contribution in [2.75, 3.05) is 13.1 Å². The van der Waals surface area contributed by atoms with Crippen molar-refractivity contribution in [3.05, 3.63) is 30.0 Å². The van der Waals surface area contributed by atoms with Crippen LogP contribution in [0.1, 0.15) is 18.5 Å². The zero-order valence-electron chi connectivity index (χ0n) is 12.6. The van der Waals surface area contributed by atoms with Crippen molar-refractivity contribution in [2.45, 2.75) is 19.3 Å². The second kappa shape index (κ2) is 5.37. The molecule has 6 heteroatoms. The largest absolute Gasteiger partial charge is 0.481 e. The Labute approximate surface area is 133 Å². The Hall–Kier alpha value is -2.37. The Balaban J connectivity index is 1.50. The summed E-state index contributed by atoms with van der Waals surface area (Å²) < 4.78 is 5.23. The molecule has 2 aliphatic rings. The summed E-state index contributed by atoms with van der Waals surface area (Å²) in [6.45, 7) is 0.862. The number of rotatable bonds is 4. The zero-order valence-corrected chi connectivity index (χ0v) is 12.6. The molecule has 4 rings (SSSR count). The Morgan fingerprint density at radius 3 is 2.78 bits per heavy atom. The van der Waals surface area contributed by atoms with Crippen LogP contribution < -0.4 is 0 Å². The maximum absolute atomic E-state index is 12.6. The molecule has 0 spiro atoms. The third kappa shape index (κ3) is 2.58. The van der Waals surface area contributed by atoms with E-state index in [2.05, 4.69) is 5.16 Å². The molecule has 0 radical (unpaired) electrons. The molecule has 120 valence electrons. The topological polar surface area (TPSA) is 83.6 Å². The standard InChI is InChI=1S/C17H18N2O4/c20-16(7-14-11-3-1-2-4-15(11)23-18-14)19-8-12(10-5-6-10)13(9-19)17(21)22/h1-4,10,12-13H,5-9H2,(H,21,22)/t12-,13+/m1/s1. The molecule has 0 unspecified atom stereocenters. The smallest absolute Gasteiger partial charge is 0.308 e. The van der Waals surface area contributed by atoms with Crippen LogP contribution >= 0.6 is 0 Å². The summed E-state index contributed by atoms with van der Waals surface area (Å²) in [5.41, 5.74) is 1.28. The van der Waals surface area contributed by atoms with E-state index in [1.165, 1.54) is 0 Å². The number of carboxylic acids is 1. The number of para-hydroxylation sites is 1. The van der Waals surface area contributed by atoms with Gasteiger partial charge in [-0.15, -0.1) is 0 Å². The molecule has 23 heavy (non-hydrogen) atoms. The van der Waals surface area contributed by atoms with Crippen molar-refractivity contribution in [3.63, 3.8) is 0 Å². The highest BCUT2D eigenvalue weighted by molar-refractivity contribution is 5.87. The van der Waals surface area contributed by atoms with Crippen molar-refractivity contribution in [2.24, 2.45) is 17.8 Å². The second-order valence-electron chi connectivity index (χ2n) is 6.55. The summed E-state index contributed by atoms with van der Waals surface area (Å²) in [7, 11) is 0. The SMILES string of the molecule is O=C(O)[C@H]1CN(C(=O)Cc2noc3ccccc23)C[C@@H]1C1CC1. The van der Waals surface area contributed by atoms with Gasteiger partial charge in [-0.3, -0.25) is 9.59 Å². The van der Waals surface area contributed by atoms with E-state index in [1.54, 1.807) is 4.90 Å². The van der Waals surface area contributed by atoms with E-state index < -0.39 is 11.9 Å². The number of carboxylic acid groups (broad SMARTS) is 1. The van der Waals surface area contributed by atoms with Gasteiger partial charge in [-0.1, -0.05) is 17.3 Å². The van der Waals surface area contributed by atoms with Crippen LogP contribution in [0, 0.1) is 17.8 Å². The number of benzene rings is 1. The monoisotopic (exact) mass is 314 g/mol. The number of carbonyl (C=O) groups excluding carboxylic acids is 1. The molecule has 1 aromatic heterocycles. The number of aliphatic carboxylic acids is 1. The predicted molar refractivity (Wildman–Crippen MR) is 81.6 cm³/mol. The molecule has 2 fully saturated rings. The van der Waals surface area contributed by atoms with Crippen molar-refractivity contribution >= 4 is 22.8 Å². The molecule has 1 aliphatic heterocycles. The fraction of sp³-hybridized carbons (Fsp3) is 0.471. The third-order valence-corrected chi connectivity index (χ3v) is 5.03. The molecule has 2 atom stereocenters. The molecule has 1 aliphatic carbocycles. The number of fused-ring (bicyclic) bond motifs is 1. The van der Waals surface area contributed by atoms with Crippen LogP contribution in [0.2, 0.25) is 0 Å². The van der Waals surface area contributed by atoms with Gasteiger partial charge in [-0.25, -0.2) is 0 Å². The van der Waals surface area contributed by atoms with Crippen LogP contribution in [0.5, 0.6) is 0 Å². The summed E-state index contributed by atoms with van der Waals surface area (Å²) in [6.07, 6.45) is 2.33. The Morgan fingerprint density at radius 2 is 2.04 bits per heavy atom. The van der Waals surface area contributed by atoms with E-state index in [0.29, 0.717) is 30.3 Å². The first-order valence-corrected chi connectivity index (χ1v) is 7.97. The minimum atomic E-state index is -0.788. The summed E-state index contributed by atoms with van der Waals surface area (Å²) in [6, 6.07) is 7.44. The van der Waals surface area contributed by atoms with Gasteiger partial charge in [0.1, 0.15) is 5.69 Å². The van der Waals surface area contributed by atoms with Crippen LogP contribution in [0.3, 0.4) is 0 Å². The first-order valence-electron chi connectivity index (χ1n) is 7.97. The number of likely N-dealkylation sites (tertiary alicyclic amines) is 1. The molecule has 1 amide bonds. The van der Waals surface area contributed by atoms with Crippen molar-refractivity contribution in [1.29, 1.82) is 0 Å². The lowest BCUT2D eigenvalue weighted by atomic mass is 9.92. The molecule has 1 N–H and O–H groups in total. The van der Waals surface area contributed by atoms with Crippen LogP contribution in [0.4, 0.5) is 0 Å². The minimum absolute atomic E-state index is 0.0709. The normalized spacial score (nSPS) is 24.3. The summed E-state index contributed by atoms with van der Waals surface area (Å²) >= 11 is 0. The zero-order chi connectivity index (χ0) is 16.0. The van der Waals surface area contributed by atoms with E-state index in [4.69, 9.17) is 4.52 Å². The molecule has 2 aromatic rings. The summed E-state index contributed by atoms with van der Waals surface area (Å²) in [4.78, 5) is 25.7. The molecule has 1 saturated heterocycles. The van der Waals surface area contributed by atoms with Gasteiger partial charge in [-0.05, 0) is 36.8 Å².